The molecule has 0 atom stereocenters. The summed E-state index contributed by atoms with van der Waals surface area (Å²) in [6.07, 6.45) is 6.58. The number of ether oxygens (including phenoxy) is 1. The van der Waals surface area contributed by atoms with Crippen LogP contribution < -0.4 is 15.4 Å². The molecule has 1 aliphatic rings. The summed E-state index contributed by atoms with van der Waals surface area (Å²) in [5, 5.41) is 6.17. The van der Waals surface area contributed by atoms with Crippen molar-refractivity contribution in [3.63, 3.8) is 0 Å². The Morgan fingerprint density at radius 3 is 2.83 bits per heavy atom. The highest BCUT2D eigenvalue weighted by Gasteiger charge is 2.19. The Morgan fingerprint density at radius 1 is 1.14 bits per heavy atom. The third-order valence-corrected chi connectivity index (χ3v) is 4.69. The fourth-order valence-electron chi connectivity index (χ4n) is 3.41. The second-order valence-corrected chi connectivity index (χ2v) is 6.89. The molecule has 2 aromatic heterocycles. The topological polar surface area (TPSA) is 89.0 Å². The maximum atomic E-state index is 11.2. The van der Waals surface area contributed by atoms with Gasteiger partial charge in [0.25, 0.3) is 0 Å². The lowest BCUT2D eigenvalue weighted by Crippen LogP contribution is -2.15. The van der Waals surface area contributed by atoms with Crippen LogP contribution >= 0.6 is 0 Å². The average molecular weight is 389 g/mol. The normalized spacial score (nSPS) is 12.3. The summed E-state index contributed by atoms with van der Waals surface area (Å²) in [7, 11) is 0. The van der Waals surface area contributed by atoms with Gasteiger partial charge in [-0.25, -0.2) is 9.97 Å². The van der Waals surface area contributed by atoms with Crippen LogP contribution in [0.2, 0.25) is 0 Å². The molecule has 0 saturated carbocycles. The summed E-state index contributed by atoms with van der Waals surface area (Å²) in [4.78, 5) is 24.8. The second kappa shape index (κ2) is 8.68. The lowest BCUT2D eigenvalue weighted by Gasteiger charge is -2.13. The van der Waals surface area contributed by atoms with Crippen LogP contribution in [0.1, 0.15) is 24.6 Å². The molecule has 1 aliphatic carbocycles. The molecule has 0 fully saturated rings. The van der Waals surface area contributed by atoms with Crippen molar-refractivity contribution in [1.29, 1.82) is 0 Å². The van der Waals surface area contributed by atoms with Crippen molar-refractivity contribution >= 4 is 17.4 Å². The largest absolute Gasteiger partial charge is 0.492 e. The van der Waals surface area contributed by atoms with E-state index in [4.69, 9.17) is 14.7 Å². The molecule has 0 radical (unpaired) electrons. The Labute approximate surface area is 169 Å². The first-order valence-corrected chi connectivity index (χ1v) is 9.73. The minimum absolute atomic E-state index is 0.105. The number of pyridine rings is 1. The first-order valence-electron chi connectivity index (χ1n) is 9.73. The maximum absolute atomic E-state index is 11.2. The van der Waals surface area contributed by atoms with Gasteiger partial charge in [0, 0.05) is 47.9 Å². The molecule has 4 rings (SSSR count). The van der Waals surface area contributed by atoms with E-state index in [0.29, 0.717) is 18.9 Å². The fraction of sp³-hybridized carbons (Fsp3) is 0.273. The minimum atomic E-state index is -0.105. The van der Waals surface area contributed by atoms with Crippen LogP contribution in [0.15, 0.2) is 48.8 Å². The van der Waals surface area contributed by atoms with Gasteiger partial charge in [0.15, 0.2) is 5.82 Å². The summed E-state index contributed by atoms with van der Waals surface area (Å²) in [6, 6.07) is 11.2. The minimum Gasteiger partial charge on any atom is -0.492 e. The highest BCUT2D eigenvalue weighted by atomic mass is 16.5. The first kappa shape index (κ1) is 18.9. The number of rotatable bonds is 7. The predicted molar refractivity (Wildman–Crippen MR) is 112 cm³/mol. The van der Waals surface area contributed by atoms with Gasteiger partial charge in [-0.2, -0.15) is 0 Å². The van der Waals surface area contributed by atoms with Crippen molar-refractivity contribution in [1.82, 2.24) is 15.0 Å². The van der Waals surface area contributed by atoms with E-state index in [9.17, 15) is 4.79 Å². The zero-order valence-electron chi connectivity index (χ0n) is 16.3. The molecule has 0 unspecified atom stereocenters. The lowest BCUT2D eigenvalue weighted by atomic mass is 10.2. The first-order chi connectivity index (χ1) is 14.2. The molecule has 1 aromatic carbocycles. The molecule has 2 heterocycles. The zero-order valence-corrected chi connectivity index (χ0v) is 16.3. The zero-order chi connectivity index (χ0) is 20.1. The molecule has 7 heteroatoms. The van der Waals surface area contributed by atoms with Gasteiger partial charge in [0.05, 0.1) is 6.54 Å². The molecule has 3 aromatic rings. The highest BCUT2D eigenvalue weighted by Crippen LogP contribution is 2.29. The van der Waals surface area contributed by atoms with Gasteiger partial charge in [0.2, 0.25) is 5.91 Å². The van der Waals surface area contributed by atoms with E-state index < -0.39 is 0 Å². The van der Waals surface area contributed by atoms with Gasteiger partial charge in [-0.3, -0.25) is 9.78 Å². The number of carbonyl (C=O) groups is 1. The Hall–Kier alpha value is -3.48. The van der Waals surface area contributed by atoms with E-state index in [1.165, 1.54) is 12.5 Å². The molecule has 0 spiro atoms. The molecule has 7 nitrogen and oxygen atoms in total. The van der Waals surface area contributed by atoms with Crippen molar-refractivity contribution in [2.24, 2.45) is 0 Å². The molecule has 0 aliphatic heterocycles. The van der Waals surface area contributed by atoms with Crippen LogP contribution in [-0.4, -0.2) is 34.0 Å². The van der Waals surface area contributed by atoms with Gasteiger partial charge < -0.3 is 15.4 Å². The SMILES string of the molecule is CC(=O)Nc1cccc(OCCNc2nc(-c3ccncc3)nc3c2CCC3)c1. The van der Waals surface area contributed by atoms with Crippen molar-refractivity contribution in [3.8, 4) is 17.1 Å². The number of nitrogens with zero attached hydrogens (tertiary/aromatic N) is 3. The van der Waals surface area contributed by atoms with Crippen LogP contribution in [0.3, 0.4) is 0 Å². The van der Waals surface area contributed by atoms with E-state index in [1.807, 2.05) is 36.4 Å². The summed E-state index contributed by atoms with van der Waals surface area (Å²) in [5.74, 6) is 2.21. The van der Waals surface area contributed by atoms with Crippen LogP contribution in [0.4, 0.5) is 11.5 Å². The van der Waals surface area contributed by atoms with E-state index >= 15 is 0 Å². The van der Waals surface area contributed by atoms with E-state index in [1.54, 1.807) is 12.4 Å². The van der Waals surface area contributed by atoms with Crippen molar-refractivity contribution in [3.05, 3.63) is 60.0 Å². The molecule has 0 bridgehead atoms. The molecule has 0 saturated heterocycles. The predicted octanol–water partition coefficient (Wildman–Crippen LogP) is 3.48. The third kappa shape index (κ3) is 4.68. The summed E-state index contributed by atoms with van der Waals surface area (Å²) in [5.41, 5.74) is 4.01. The fourth-order valence-corrected chi connectivity index (χ4v) is 3.41. The number of hydrogen-bond acceptors (Lipinski definition) is 6. The number of hydrogen-bond donors (Lipinski definition) is 2. The molecular weight excluding hydrogens is 366 g/mol. The van der Waals surface area contributed by atoms with Gasteiger partial charge in [-0.1, -0.05) is 6.07 Å². The van der Waals surface area contributed by atoms with Crippen LogP contribution in [0.25, 0.3) is 11.4 Å². The number of aryl methyl sites for hydroxylation is 1. The maximum Gasteiger partial charge on any atom is 0.221 e. The summed E-state index contributed by atoms with van der Waals surface area (Å²) >= 11 is 0. The number of benzene rings is 1. The number of fused-ring (bicyclic) bond motifs is 1. The van der Waals surface area contributed by atoms with E-state index in [-0.39, 0.29) is 5.91 Å². The van der Waals surface area contributed by atoms with Crippen molar-refractivity contribution in [2.75, 3.05) is 23.8 Å². The molecule has 2 N–H and O–H groups in total. The Morgan fingerprint density at radius 2 is 2.00 bits per heavy atom. The number of amides is 1. The third-order valence-electron chi connectivity index (χ3n) is 4.69. The average Bonchev–Trinajstić information content (AvgIpc) is 3.20. The Balaban J connectivity index is 1.41. The number of anilines is 2. The highest BCUT2D eigenvalue weighted by molar-refractivity contribution is 5.88. The quantitative estimate of drug-likeness (QED) is 0.602. The molecular formula is C22H23N5O2. The monoisotopic (exact) mass is 389 g/mol. The van der Waals surface area contributed by atoms with Crippen molar-refractivity contribution < 1.29 is 9.53 Å². The standard InChI is InChI=1S/C22H23N5O2/c1-15(28)25-17-4-2-5-18(14-17)29-13-12-24-22-19-6-3-7-20(19)26-21(27-22)16-8-10-23-11-9-16/h2,4-5,8-11,14H,3,6-7,12-13H2,1H3,(H,25,28)(H,24,26,27). The Bertz CT molecular complexity index is 1010. The van der Waals surface area contributed by atoms with E-state index in [0.717, 1.165) is 47.8 Å². The van der Waals surface area contributed by atoms with Gasteiger partial charge in [-0.15, -0.1) is 0 Å². The molecule has 148 valence electrons. The molecule has 1 amide bonds. The second-order valence-electron chi connectivity index (χ2n) is 6.89. The summed E-state index contributed by atoms with van der Waals surface area (Å²) < 4.78 is 5.82. The Kier molecular flexibility index (Phi) is 5.65. The lowest BCUT2D eigenvalue weighted by molar-refractivity contribution is -0.114. The van der Waals surface area contributed by atoms with Gasteiger partial charge in [0.1, 0.15) is 18.2 Å². The smallest absolute Gasteiger partial charge is 0.221 e. The number of aromatic nitrogens is 3. The van der Waals surface area contributed by atoms with Gasteiger partial charge in [-0.05, 0) is 43.5 Å². The summed E-state index contributed by atoms with van der Waals surface area (Å²) in [6.45, 7) is 2.58. The van der Waals surface area contributed by atoms with Crippen LogP contribution in [-0.2, 0) is 17.6 Å². The van der Waals surface area contributed by atoms with Gasteiger partial charge >= 0.3 is 0 Å². The number of carbonyl (C=O) groups excluding carboxylic acids is 1. The van der Waals surface area contributed by atoms with Crippen LogP contribution in [0.5, 0.6) is 5.75 Å². The van der Waals surface area contributed by atoms with E-state index in [2.05, 4.69) is 15.6 Å². The number of nitrogens with one attached hydrogen (secondary N) is 2. The van der Waals surface area contributed by atoms with Crippen LogP contribution in [0, 0.1) is 0 Å². The van der Waals surface area contributed by atoms with Crippen molar-refractivity contribution in [2.45, 2.75) is 26.2 Å². The molecule has 29 heavy (non-hydrogen) atoms.